The van der Waals surface area contributed by atoms with Gasteiger partial charge in [0.25, 0.3) is 0 Å². The maximum Gasteiger partial charge on any atom is 0.0541 e. The summed E-state index contributed by atoms with van der Waals surface area (Å²) in [5, 5.41) is 10.0. The van der Waals surface area contributed by atoms with E-state index >= 15 is 0 Å². The average molecular weight is 845 g/mol. The van der Waals surface area contributed by atoms with Crippen LogP contribution in [0.15, 0.2) is 243 Å². The smallest absolute Gasteiger partial charge is 0.0541 e. The highest BCUT2D eigenvalue weighted by Gasteiger charge is 2.22. The van der Waals surface area contributed by atoms with Crippen LogP contribution in [-0.2, 0) is 0 Å². The number of fused-ring (bicyclic) bond motifs is 9. The fourth-order valence-electron chi connectivity index (χ4n) is 10.1. The van der Waals surface area contributed by atoms with Crippen LogP contribution in [0.4, 0.5) is 17.1 Å². The third-order valence-electron chi connectivity index (χ3n) is 13.1. The van der Waals surface area contributed by atoms with Crippen molar-refractivity contribution < 1.29 is 0 Å². The van der Waals surface area contributed by atoms with Crippen LogP contribution in [-0.4, -0.2) is 4.57 Å². The van der Waals surface area contributed by atoms with Gasteiger partial charge >= 0.3 is 0 Å². The third-order valence-corrected chi connectivity index (χ3v) is 14.4. The SMILES string of the molecule is c1ccc(-c2cccc(N(c3cccc(-c4ccc5ccc6ccccc6c5c4)c3)c3cc(-c4ccccc4-n4c5ccccc5c5ccccc54)c4sc5ccccc5c4c3)c2)cc1. The van der Waals surface area contributed by atoms with Crippen LogP contribution in [0, 0.1) is 0 Å². The number of benzene rings is 11. The van der Waals surface area contributed by atoms with Gasteiger partial charge < -0.3 is 9.47 Å². The number of para-hydroxylation sites is 3. The quantitative estimate of drug-likeness (QED) is 0.145. The maximum absolute atomic E-state index is 2.46. The predicted molar refractivity (Wildman–Crippen MR) is 280 cm³/mol. The molecule has 0 fully saturated rings. The molecular formula is C62H40N2S. The van der Waals surface area contributed by atoms with E-state index < -0.39 is 0 Å². The number of hydrogen-bond acceptors (Lipinski definition) is 2. The van der Waals surface area contributed by atoms with Gasteiger partial charge in [-0.2, -0.15) is 0 Å². The Morgan fingerprint density at radius 3 is 1.62 bits per heavy atom. The van der Waals surface area contributed by atoms with Crippen molar-refractivity contribution in [3.05, 3.63) is 243 Å². The van der Waals surface area contributed by atoms with Crippen LogP contribution < -0.4 is 4.90 Å². The number of anilines is 3. The summed E-state index contributed by atoms with van der Waals surface area (Å²) >= 11 is 1.88. The van der Waals surface area contributed by atoms with Crippen LogP contribution in [0.2, 0.25) is 0 Å². The fourth-order valence-corrected chi connectivity index (χ4v) is 11.3. The van der Waals surface area contributed by atoms with E-state index in [-0.39, 0.29) is 0 Å². The molecule has 0 bridgehead atoms. The fraction of sp³-hybridized carbons (Fsp3) is 0. The second-order valence-electron chi connectivity index (χ2n) is 16.9. The molecule has 0 radical (unpaired) electrons. The molecule has 0 saturated carbocycles. The molecule has 2 heterocycles. The molecular weight excluding hydrogens is 805 g/mol. The van der Waals surface area contributed by atoms with Gasteiger partial charge in [-0.25, -0.2) is 0 Å². The number of nitrogens with zero attached hydrogens (tertiary/aromatic N) is 2. The zero-order valence-electron chi connectivity index (χ0n) is 35.4. The molecule has 0 aliphatic rings. The Morgan fingerprint density at radius 2 is 0.862 bits per heavy atom. The first-order chi connectivity index (χ1) is 32.2. The van der Waals surface area contributed by atoms with Crippen LogP contribution in [0.1, 0.15) is 0 Å². The zero-order chi connectivity index (χ0) is 42.8. The first kappa shape index (κ1) is 37.3. The van der Waals surface area contributed by atoms with Gasteiger partial charge in [-0.3, -0.25) is 0 Å². The van der Waals surface area contributed by atoms with Crippen molar-refractivity contribution in [1.82, 2.24) is 4.57 Å². The van der Waals surface area contributed by atoms with Gasteiger partial charge in [0, 0.05) is 59.1 Å². The summed E-state index contributed by atoms with van der Waals surface area (Å²) in [4.78, 5) is 2.46. The monoisotopic (exact) mass is 844 g/mol. The number of aromatic nitrogens is 1. The van der Waals surface area contributed by atoms with Crippen molar-refractivity contribution in [3.63, 3.8) is 0 Å². The van der Waals surface area contributed by atoms with Crippen molar-refractivity contribution in [2.24, 2.45) is 0 Å². The number of hydrogen-bond donors (Lipinski definition) is 0. The van der Waals surface area contributed by atoms with Gasteiger partial charge in [-0.1, -0.05) is 176 Å². The Balaban J connectivity index is 1.07. The van der Waals surface area contributed by atoms with Crippen molar-refractivity contribution in [3.8, 4) is 39.1 Å². The van der Waals surface area contributed by atoms with E-state index in [0.29, 0.717) is 0 Å². The summed E-state index contributed by atoms with van der Waals surface area (Å²) in [5.41, 5.74) is 13.9. The molecule has 13 aromatic rings. The summed E-state index contributed by atoms with van der Waals surface area (Å²) in [6.45, 7) is 0. The molecule has 0 atom stereocenters. The molecule has 304 valence electrons. The summed E-state index contributed by atoms with van der Waals surface area (Å²) < 4.78 is 5.01. The van der Waals surface area contributed by atoms with Gasteiger partial charge in [0.2, 0.25) is 0 Å². The van der Waals surface area contributed by atoms with Gasteiger partial charge in [-0.05, 0) is 111 Å². The Morgan fingerprint density at radius 1 is 0.308 bits per heavy atom. The summed E-state index contributed by atoms with van der Waals surface area (Å²) in [6, 6.07) is 89.2. The van der Waals surface area contributed by atoms with Crippen LogP contribution in [0.5, 0.6) is 0 Å². The van der Waals surface area contributed by atoms with Gasteiger partial charge in [0.1, 0.15) is 0 Å². The second-order valence-corrected chi connectivity index (χ2v) is 17.9. The first-order valence-electron chi connectivity index (χ1n) is 22.2. The normalized spacial score (nSPS) is 11.7. The summed E-state index contributed by atoms with van der Waals surface area (Å²) in [6.07, 6.45) is 0. The molecule has 0 aliphatic heterocycles. The van der Waals surface area contributed by atoms with Crippen LogP contribution in [0.3, 0.4) is 0 Å². The molecule has 0 aliphatic carbocycles. The van der Waals surface area contributed by atoms with Gasteiger partial charge in [0.05, 0.1) is 16.7 Å². The highest BCUT2D eigenvalue weighted by Crippen LogP contribution is 2.48. The lowest BCUT2D eigenvalue weighted by Crippen LogP contribution is -2.10. The van der Waals surface area contributed by atoms with E-state index in [9.17, 15) is 0 Å². The molecule has 2 nitrogen and oxygen atoms in total. The van der Waals surface area contributed by atoms with Crippen LogP contribution in [0.25, 0.3) is 103 Å². The largest absolute Gasteiger partial charge is 0.310 e. The van der Waals surface area contributed by atoms with E-state index in [1.165, 1.54) is 96.9 Å². The van der Waals surface area contributed by atoms with E-state index in [2.05, 4.69) is 252 Å². The molecule has 3 heteroatoms. The highest BCUT2D eigenvalue weighted by molar-refractivity contribution is 7.26. The lowest BCUT2D eigenvalue weighted by Gasteiger charge is -2.28. The Labute approximate surface area is 381 Å². The molecule has 11 aromatic carbocycles. The molecule has 2 aromatic heterocycles. The predicted octanol–water partition coefficient (Wildman–Crippen LogP) is 17.9. The van der Waals surface area contributed by atoms with E-state index in [0.717, 1.165) is 22.7 Å². The molecule has 0 spiro atoms. The topological polar surface area (TPSA) is 8.17 Å². The van der Waals surface area contributed by atoms with E-state index in [1.807, 2.05) is 11.3 Å². The minimum Gasteiger partial charge on any atom is -0.310 e. The third kappa shape index (κ3) is 6.24. The van der Waals surface area contributed by atoms with E-state index in [1.54, 1.807) is 0 Å². The molecule has 65 heavy (non-hydrogen) atoms. The molecule has 13 rings (SSSR count). The van der Waals surface area contributed by atoms with Gasteiger partial charge in [-0.15, -0.1) is 11.3 Å². The summed E-state index contributed by atoms with van der Waals surface area (Å²) in [5.74, 6) is 0. The first-order valence-corrected chi connectivity index (χ1v) is 23.1. The molecule has 0 saturated heterocycles. The number of thiophene rings is 1. The maximum atomic E-state index is 2.46. The van der Waals surface area contributed by atoms with Crippen molar-refractivity contribution in [2.75, 3.05) is 4.90 Å². The number of rotatable bonds is 7. The highest BCUT2D eigenvalue weighted by atomic mass is 32.1. The second kappa shape index (κ2) is 15.2. The molecule has 0 unspecified atom stereocenters. The Kier molecular flexibility index (Phi) is 8.75. The lowest BCUT2D eigenvalue weighted by atomic mass is 9.96. The van der Waals surface area contributed by atoms with E-state index in [4.69, 9.17) is 0 Å². The molecule has 0 amide bonds. The average Bonchev–Trinajstić information content (AvgIpc) is 3.92. The van der Waals surface area contributed by atoms with Crippen LogP contribution >= 0.6 is 11.3 Å². The van der Waals surface area contributed by atoms with Crippen molar-refractivity contribution in [1.29, 1.82) is 0 Å². The minimum atomic E-state index is 1.09. The zero-order valence-corrected chi connectivity index (χ0v) is 36.2. The lowest BCUT2D eigenvalue weighted by molar-refractivity contribution is 1.18. The standard InChI is InChI=1S/C62H40N2S/c1-2-16-41(17-3-1)44-19-14-21-47(36-44)63(48-22-15-20-45(37-48)46-35-34-43-33-32-42-18-4-5-23-50(42)55(43)38-46)49-39-56(62-57(40-49)54-27-9-13-31-61(54)65-62)53-26-8-12-30-60(53)64-58-28-10-6-24-51(58)52-25-7-11-29-59(52)64/h1-40H. The van der Waals surface area contributed by atoms with Crippen molar-refractivity contribution >= 4 is 91.9 Å². The Bertz CT molecular complexity index is 3920. The van der Waals surface area contributed by atoms with Crippen molar-refractivity contribution in [2.45, 2.75) is 0 Å². The van der Waals surface area contributed by atoms with Gasteiger partial charge in [0.15, 0.2) is 0 Å². The molecule has 0 N–H and O–H groups in total. The summed E-state index contributed by atoms with van der Waals surface area (Å²) in [7, 11) is 0. The Hall–Kier alpha value is -8.24. The minimum absolute atomic E-state index is 1.09.